The molecule has 1 atom stereocenters. The minimum atomic E-state index is -0.967. The van der Waals surface area contributed by atoms with Gasteiger partial charge in [-0.05, 0) is 43.2 Å². The summed E-state index contributed by atoms with van der Waals surface area (Å²) in [5, 5.41) is 12.3. The third-order valence-corrected chi connectivity index (χ3v) is 3.73. The van der Waals surface area contributed by atoms with Gasteiger partial charge in [-0.2, -0.15) is 0 Å². The van der Waals surface area contributed by atoms with Crippen molar-refractivity contribution in [3.8, 4) is 5.75 Å². The van der Waals surface area contributed by atoms with E-state index in [1.807, 2.05) is 54.6 Å². The van der Waals surface area contributed by atoms with Crippen LogP contribution in [0, 0.1) is 0 Å². The van der Waals surface area contributed by atoms with Gasteiger partial charge in [0, 0.05) is 12.1 Å². The first-order valence-corrected chi connectivity index (χ1v) is 8.38. The van der Waals surface area contributed by atoms with Crippen LogP contribution >= 0.6 is 0 Å². The summed E-state index contributed by atoms with van der Waals surface area (Å²) in [4.78, 5) is 22.5. The Labute approximate surface area is 153 Å². The standard InChI is InChI=1S/C21H23NO4/c1-15(12-16(2)23)22-20(21(24)25)13-17-8-10-19(11-9-17)26-14-18-6-4-3-5-7-18/h3-12,20,22H,13-14H2,1-2H3,(H,24,25)/b15-12-/t20-/m0/s1. The van der Waals surface area contributed by atoms with E-state index in [2.05, 4.69) is 5.32 Å². The zero-order valence-electron chi connectivity index (χ0n) is 14.9. The number of rotatable bonds is 9. The summed E-state index contributed by atoms with van der Waals surface area (Å²) in [6, 6.07) is 16.4. The van der Waals surface area contributed by atoms with Crippen molar-refractivity contribution in [2.24, 2.45) is 0 Å². The number of allylic oxidation sites excluding steroid dienone is 2. The van der Waals surface area contributed by atoms with E-state index in [9.17, 15) is 14.7 Å². The monoisotopic (exact) mass is 353 g/mol. The van der Waals surface area contributed by atoms with Gasteiger partial charge < -0.3 is 15.2 Å². The van der Waals surface area contributed by atoms with Gasteiger partial charge in [-0.1, -0.05) is 42.5 Å². The number of carboxylic acids is 1. The summed E-state index contributed by atoms with van der Waals surface area (Å²) in [6.45, 7) is 3.58. The molecule has 0 aliphatic rings. The Bertz CT molecular complexity index is 766. The lowest BCUT2D eigenvalue weighted by Crippen LogP contribution is -2.37. The molecule has 0 aliphatic carbocycles. The molecule has 26 heavy (non-hydrogen) atoms. The minimum Gasteiger partial charge on any atom is -0.489 e. The summed E-state index contributed by atoms with van der Waals surface area (Å²) in [5.74, 6) is -0.366. The van der Waals surface area contributed by atoms with Gasteiger partial charge in [0.25, 0.3) is 0 Å². The van der Waals surface area contributed by atoms with Crippen molar-refractivity contribution < 1.29 is 19.4 Å². The first-order chi connectivity index (χ1) is 12.4. The van der Waals surface area contributed by atoms with Crippen molar-refractivity contribution in [1.82, 2.24) is 5.32 Å². The SMILES string of the molecule is CC(=O)/C=C(/C)N[C@@H](Cc1ccc(OCc2ccccc2)cc1)C(=O)O. The second kappa shape index (κ2) is 9.42. The fourth-order valence-corrected chi connectivity index (χ4v) is 2.52. The second-order valence-corrected chi connectivity index (χ2v) is 6.10. The normalized spacial score (nSPS) is 12.3. The molecule has 0 amide bonds. The number of carbonyl (C=O) groups excluding carboxylic acids is 1. The van der Waals surface area contributed by atoms with E-state index in [4.69, 9.17) is 4.74 Å². The number of hydrogen-bond donors (Lipinski definition) is 2. The van der Waals surface area contributed by atoms with Crippen LogP contribution in [-0.4, -0.2) is 22.9 Å². The van der Waals surface area contributed by atoms with Crippen LogP contribution in [0.4, 0.5) is 0 Å². The summed E-state index contributed by atoms with van der Waals surface area (Å²) < 4.78 is 5.73. The lowest BCUT2D eigenvalue weighted by atomic mass is 10.1. The molecule has 2 rings (SSSR count). The number of carbonyl (C=O) groups is 2. The molecule has 0 fully saturated rings. The van der Waals surface area contributed by atoms with Gasteiger partial charge in [0.2, 0.25) is 0 Å². The van der Waals surface area contributed by atoms with Gasteiger partial charge in [0.05, 0.1) is 0 Å². The molecule has 2 N–H and O–H groups in total. The fraction of sp³-hybridized carbons (Fsp3) is 0.238. The lowest BCUT2D eigenvalue weighted by Gasteiger charge is -2.16. The molecule has 2 aromatic rings. The molecule has 0 heterocycles. The highest BCUT2D eigenvalue weighted by Crippen LogP contribution is 2.15. The smallest absolute Gasteiger partial charge is 0.326 e. The van der Waals surface area contributed by atoms with Crippen molar-refractivity contribution >= 4 is 11.8 Å². The van der Waals surface area contributed by atoms with Crippen molar-refractivity contribution in [3.05, 3.63) is 77.5 Å². The molecule has 5 nitrogen and oxygen atoms in total. The first-order valence-electron chi connectivity index (χ1n) is 8.38. The van der Waals surface area contributed by atoms with Gasteiger partial charge in [-0.25, -0.2) is 4.79 Å². The highest BCUT2D eigenvalue weighted by Gasteiger charge is 2.17. The molecular formula is C21H23NO4. The molecule has 0 bridgehead atoms. The van der Waals surface area contributed by atoms with E-state index in [0.717, 1.165) is 16.9 Å². The third kappa shape index (κ3) is 6.43. The maximum Gasteiger partial charge on any atom is 0.326 e. The lowest BCUT2D eigenvalue weighted by molar-refractivity contribution is -0.139. The molecular weight excluding hydrogens is 330 g/mol. The Kier molecular flexibility index (Phi) is 6.97. The number of aliphatic carboxylic acids is 1. The van der Waals surface area contributed by atoms with Gasteiger partial charge in [0.15, 0.2) is 5.78 Å². The van der Waals surface area contributed by atoms with Crippen molar-refractivity contribution in [2.75, 3.05) is 0 Å². The summed E-state index contributed by atoms with van der Waals surface area (Å²) in [5.41, 5.74) is 2.49. The maximum atomic E-state index is 11.5. The van der Waals surface area contributed by atoms with E-state index in [0.29, 0.717) is 18.7 Å². The number of ether oxygens (including phenoxy) is 1. The molecule has 2 aromatic carbocycles. The van der Waals surface area contributed by atoms with Gasteiger partial charge in [-0.3, -0.25) is 4.79 Å². The van der Waals surface area contributed by atoms with Crippen LogP contribution in [0.1, 0.15) is 25.0 Å². The molecule has 0 aliphatic heterocycles. The predicted octanol–water partition coefficient (Wildman–Crippen LogP) is 3.34. The average Bonchev–Trinajstić information content (AvgIpc) is 2.60. The quantitative estimate of drug-likeness (QED) is 0.676. The third-order valence-electron chi connectivity index (χ3n) is 3.73. The van der Waals surface area contributed by atoms with E-state index < -0.39 is 12.0 Å². The van der Waals surface area contributed by atoms with Gasteiger partial charge >= 0.3 is 5.97 Å². The molecule has 5 heteroatoms. The van der Waals surface area contributed by atoms with Crippen LogP contribution in [-0.2, 0) is 22.6 Å². The van der Waals surface area contributed by atoms with Crippen molar-refractivity contribution in [1.29, 1.82) is 0 Å². The molecule has 136 valence electrons. The largest absolute Gasteiger partial charge is 0.489 e. The Morgan fingerprint density at radius 2 is 1.69 bits per heavy atom. The number of benzene rings is 2. The predicted molar refractivity (Wildman–Crippen MR) is 99.9 cm³/mol. The topological polar surface area (TPSA) is 75.6 Å². The van der Waals surface area contributed by atoms with Crippen LogP contribution in [0.25, 0.3) is 0 Å². The zero-order chi connectivity index (χ0) is 18.9. The Morgan fingerprint density at radius 3 is 2.27 bits per heavy atom. The number of nitrogens with one attached hydrogen (secondary N) is 1. The van der Waals surface area contributed by atoms with E-state index in [-0.39, 0.29) is 5.78 Å². The number of carboxylic acid groups (broad SMARTS) is 1. The highest BCUT2D eigenvalue weighted by molar-refractivity contribution is 5.88. The highest BCUT2D eigenvalue weighted by atomic mass is 16.5. The van der Waals surface area contributed by atoms with Gasteiger partial charge in [0.1, 0.15) is 18.4 Å². The maximum absolute atomic E-state index is 11.5. The second-order valence-electron chi connectivity index (χ2n) is 6.10. The van der Waals surface area contributed by atoms with Crippen LogP contribution in [0.2, 0.25) is 0 Å². The fourth-order valence-electron chi connectivity index (χ4n) is 2.52. The number of ketones is 1. The molecule has 0 saturated heterocycles. The summed E-state index contributed by atoms with van der Waals surface area (Å²) in [7, 11) is 0. The zero-order valence-corrected chi connectivity index (χ0v) is 14.9. The van der Waals surface area contributed by atoms with Crippen LogP contribution in [0.15, 0.2) is 66.4 Å². The Morgan fingerprint density at radius 1 is 1.04 bits per heavy atom. The summed E-state index contributed by atoms with van der Waals surface area (Å²) >= 11 is 0. The first kappa shape index (κ1) is 19.2. The van der Waals surface area contributed by atoms with Crippen LogP contribution < -0.4 is 10.1 Å². The molecule has 0 saturated carbocycles. The van der Waals surface area contributed by atoms with Crippen molar-refractivity contribution in [2.45, 2.75) is 32.9 Å². The average molecular weight is 353 g/mol. The van der Waals surface area contributed by atoms with E-state index in [1.165, 1.54) is 13.0 Å². The molecule has 0 radical (unpaired) electrons. The molecule has 0 spiro atoms. The van der Waals surface area contributed by atoms with Crippen LogP contribution in [0.3, 0.4) is 0 Å². The van der Waals surface area contributed by atoms with Crippen LogP contribution in [0.5, 0.6) is 5.75 Å². The molecule has 0 unspecified atom stereocenters. The molecule has 0 aromatic heterocycles. The van der Waals surface area contributed by atoms with E-state index >= 15 is 0 Å². The Hall–Kier alpha value is -3.08. The van der Waals surface area contributed by atoms with Crippen molar-refractivity contribution in [3.63, 3.8) is 0 Å². The van der Waals surface area contributed by atoms with Gasteiger partial charge in [-0.15, -0.1) is 0 Å². The minimum absolute atomic E-state index is 0.126. The van der Waals surface area contributed by atoms with E-state index in [1.54, 1.807) is 6.92 Å². The summed E-state index contributed by atoms with van der Waals surface area (Å²) in [6.07, 6.45) is 1.69. The number of hydrogen-bond acceptors (Lipinski definition) is 4. The Balaban J connectivity index is 1.95.